The molecule has 3 atom stereocenters. The maximum Gasteiger partial charge on any atom is 0.233 e. The van der Waals surface area contributed by atoms with Crippen molar-refractivity contribution in [2.24, 2.45) is 5.92 Å². The molecule has 0 aliphatic carbocycles. The van der Waals surface area contributed by atoms with Gasteiger partial charge in [0.2, 0.25) is 11.8 Å². The van der Waals surface area contributed by atoms with Gasteiger partial charge in [0, 0.05) is 79.2 Å². The Bertz CT molecular complexity index is 1990. The van der Waals surface area contributed by atoms with Crippen LogP contribution in [0.25, 0.3) is 33.9 Å². The van der Waals surface area contributed by atoms with E-state index in [1.807, 2.05) is 24.4 Å². The van der Waals surface area contributed by atoms with Crippen molar-refractivity contribution in [1.82, 2.24) is 50.6 Å². The second kappa shape index (κ2) is 15.7. The van der Waals surface area contributed by atoms with Gasteiger partial charge in [-0.2, -0.15) is 10.2 Å². The molecule has 262 valence electrons. The molecular formula is C36H37FN10O4. The highest BCUT2D eigenvalue weighted by Crippen LogP contribution is 2.31. The normalized spacial score (nSPS) is 18.5. The largest absolute Gasteiger partial charge is 0.507 e. The minimum Gasteiger partial charge on any atom is -0.507 e. The summed E-state index contributed by atoms with van der Waals surface area (Å²) in [6, 6.07) is 21.1. The fourth-order valence-electron chi connectivity index (χ4n) is 5.81. The van der Waals surface area contributed by atoms with Gasteiger partial charge in [0.15, 0.2) is 0 Å². The Kier molecular flexibility index (Phi) is 10.4. The highest BCUT2D eigenvalue weighted by molar-refractivity contribution is 5.69. The minimum absolute atomic E-state index is 0.0724. The number of nitrogens with one attached hydrogen (secondary N) is 2. The average molecular weight is 693 g/mol. The van der Waals surface area contributed by atoms with E-state index < -0.39 is 12.3 Å². The third kappa shape index (κ3) is 8.28. The smallest absolute Gasteiger partial charge is 0.233 e. The van der Waals surface area contributed by atoms with Crippen molar-refractivity contribution in [2.75, 3.05) is 32.8 Å². The topological polar surface area (TPSA) is 170 Å². The highest BCUT2D eigenvalue weighted by atomic mass is 19.1. The molecular weight excluding hydrogens is 655 g/mol. The molecule has 3 unspecified atom stereocenters. The number of phenolic OH excluding ortho intramolecular Hbond substituents is 2. The van der Waals surface area contributed by atoms with E-state index in [0.717, 1.165) is 30.9 Å². The van der Waals surface area contributed by atoms with Crippen LogP contribution in [0.15, 0.2) is 97.6 Å². The number of halogens is 1. The Labute approximate surface area is 292 Å². The monoisotopic (exact) mass is 692 g/mol. The summed E-state index contributed by atoms with van der Waals surface area (Å²) in [5.41, 5.74) is 3.79. The van der Waals surface area contributed by atoms with Gasteiger partial charge in [-0.05, 0) is 74.5 Å². The SMILES string of the molecule is Oc1cc(-n2cccn2)ccc1-c1ccc(OC2CCNCC2F)nn1.Oc1cc(-n2cccn2)ccc1-c1ccc(OCC2CCNC2)nn1. The zero-order valence-electron chi connectivity index (χ0n) is 27.6. The molecule has 0 amide bonds. The van der Waals surface area contributed by atoms with Crippen LogP contribution in [0.1, 0.15) is 12.8 Å². The molecule has 0 bridgehead atoms. The van der Waals surface area contributed by atoms with E-state index in [-0.39, 0.29) is 23.9 Å². The lowest BCUT2D eigenvalue weighted by molar-refractivity contribution is 0.0685. The maximum atomic E-state index is 13.8. The van der Waals surface area contributed by atoms with Gasteiger partial charge in [0.05, 0.1) is 29.4 Å². The van der Waals surface area contributed by atoms with Crippen molar-refractivity contribution in [3.05, 3.63) is 97.6 Å². The van der Waals surface area contributed by atoms with Gasteiger partial charge in [-0.25, -0.2) is 13.8 Å². The summed E-state index contributed by atoms with van der Waals surface area (Å²) in [4.78, 5) is 0. The lowest BCUT2D eigenvalue weighted by Gasteiger charge is -2.26. The second-order valence-corrected chi connectivity index (χ2v) is 12.2. The molecule has 4 N–H and O–H groups in total. The van der Waals surface area contributed by atoms with E-state index in [0.29, 0.717) is 53.9 Å². The van der Waals surface area contributed by atoms with E-state index in [1.54, 1.807) is 82.6 Å². The second-order valence-electron chi connectivity index (χ2n) is 12.2. The van der Waals surface area contributed by atoms with Crippen molar-refractivity contribution in [3.63, 3.8) is 0 Å². The maximum absolute atomic E-state index is 13.8. The summed E-state index contributed by atoms with van der Waals surface area (Å²) in [5, 5.41) is 51.6. The zero-order chi connectivity index (χ0) is 35.0. The Morgan fingerprint density at radius 1 is 0.706 bits per heavy atom. The highest BCUT2D eigenvalue weighted by Gasteiger charge is 2.26. The molecule has 6 aromatic rings. The van der Waals surface area contributed by atoms with Crippen molar-refractivity contribution in [1.29, 1.82) is 0 Å². The Morgan fingerprint density at radius 2 is 1.29 bits per heavy atom. The third-order valence-corrected chi connectivity index (χ3v) is 8.58. The fraction of sp³-hybridized carbons (Fsp3) is 0.278. The Hall–Kier alpha value is -5.93. The van der Waals surface area contributed by atoms with Gasteiger partial charge in [-0.1, -0.05) is 0 Å². The number of aromatic nitrogens is 8. The summed E-state index contributed by atoms with van der Waals surface area (Å²) in [5.74, 6) is 1.51. The standard InChI is InChI=1S/C18H18FN5O2.C18H19N5O2/c19-14-11-20-8-6-17(14)26-18-5-4-15(22-23-18)13-3-2-12(10-16(13)25)24-9-1-7-21-24;24-17-10-14(23-9-1-7-20-23)2-3-15(17)16-4-5-18(22-21-16)25-12-13-6-8-19-11-13/h1-5,7,9-10,14,17,20,25H,6,8,11H2;1-5,7,9-10,13,19,24H,6,8,11-12H2. The van der Waals surface area contributed by atoms with Crippen molar-refractivity contribution in [3.8, 4) is 57.1 Å². The van der Waals surface area contributed by atoms with E-state index in [4.69, 9.17) is 9.47 Å². The molecule has 0 saturated carbocycles. The van der Waals surface area contributed by atoms with Crippen LogP contribution in [0.2, 0.25) is 0 Å². The lowest BCUT2D eigenvalue weighted by atomic mass is 10.1. The predicted molar refractivity (Wildman–Crippen MR) is 186 cm³/mol. The molecule has 0 spiro atoms. The van der Waals surface area contributed by atoms with Crippen LogP contribution in [0.4, 0.5) is 4.39 Å². The molecule has 15 heteroatoms. The third-order valence-electron chi connectivity index (χ3n) is 8.58. The number of phenols is 2. The lowest BCUT2D eigenvalue weighted by Crippen LogP contribution is -2.44. The Balaban J connectivity index is 0.000000159. The van der Waals surface area contributed by atoms with Gasteiger partial charge < -0.3 is 30.3 Å². The van der Waals surface area contributed by atoms with E-state index in [2.05, 4.69) is 41.2 Å². The summed E-state index contributed by atoms with van der Waals surface area (Å²) < 4.78 is 28.4. The van der Waals surface area contributed by atoms with Crippen LogP contribution in [0.3, 0.4) is 0 Å². The van der Waals surface area contributed by atoms with Gasteiger partial charge in [-0.3, -0.25) is 0 Å². The molecule has 2 aliphatic heterocycles. The average Bonchev–Trinajstić information content (AvgIpc) is 3.98. The van der Waals surface area contributed by atoms with Gasteiger partial charge >= 0.3 is 0 Å². The molecule has 2 aromatic carbocycles. The van der Waals surface area contributed by atoms with Gasteiger partial charge in [-0.15, -0.1) is 20.4 Å². The first-order valence-corrected chi connectivity index (χ1v) is 16.7. The van der Waals surface area contributed by atoms with Gasteiger partial charge in [0.1, 0.15) is 23.8 Å². The molecule has 2 fully saturated rings. The first-order chi connectivity index (χ1) is 25.0. The quantitative estimate of drug-likeness (QED) is 0.171. The number of benzene rings is 2. The van der Waals surface area contributed by atoms with Gasteiger partial charge in [0.25, 0.3) is 0 Å². The fourth-order valence-corrected chi connectivity index (χ4v) is 5.81. The van der Waals surface area contributed by atoms with Crippen LogP contribution < -0.4 is 20.1 Å². The zero-order valence-corrected chi connectivity index (χ0v) is 27.6. The number of hydrogen-bond donors (Lipinski definition) is 4. The summed E-state index contributed by atoms with van der Waals surface area (Å²) in [6.45, 7) is 3.68. The van der Waals surface area contributed by atoms with Crippen LogP contribution >= 0.6 is 0 Å². The van der Waals surface area contributed by atoms with Crippen LogP contribution in [-0.2, 0) is 0 Å². The molecule has 8 rings (SSSR count). The number of nitrogens with zero attached hydrogens (tertiary/aromatic N) is 8. The van der Waals surface area contributed by atoms with Crippen LogP contribution in [0.5, 0.6) is 23.3 Å². The Morgan fingerprint density at radius 3 is 1.78 bits per heavy atom. The summed E-state index contributed by atoms with van der Waals surface area (Å²) in [7, 11) is 0. The summed E-state index contributed by atoms with van der Waals surface area (Å²) >= 11 is 0. The minimum atomic E-state index is -1.07. The molecule has 51 heavy (non-hydrogen) atoms. The van der Waals surface area contributed by atoms with Crippen LogP contribution in [-0.4, -0.2) is 95.2 Å². The number of alkyl halides is 1. The predicted octanol–water partition coefficient (Wildman–Crippen LogP) is 4.14. The molecule has 6 heterocycles. The first-order valence-electron chi connectivity index (χ1n) is 16.7. The number of aromatic hydroxyl groups is 2. The van der Waals surface area contributed by atoms with Crippen LogP contribution in [0, 0.1) is 5.92 Å². The van der Waals surface area contributed by atoms with E-state index in [1.165, 1.54) is 0 Å². The van der Waals surface area contributed by atoms with Crippen molar-refractivity contribution in [2.45, 2.75) is 25.1 Å². The molecule has 4 aromatic heterocycles. The van der Waals surface area contributed by atoms with E-state index >= 15 is 0 Å². The first kappa shape index (κ1) is 33.6. The van der Waals surface area contributed by atoms with Crippen molar-refractivity contribution < 1.29 is 24.1 Å². The molecule has 14 nitrogen and oxygen atoms in total. The van der Waals surface area contributed by atoms with Crippen molar-refractivity contribution >= 4 is 0 Å². The number of piperidine rings is 1. The van der Waals surface area contributed by atoms with E-state index in [9.17, 15) is 14.6 Å². The molecule has 2 aliphatic rings. The number of ether oxygens (including phenoxy) is 2. The summed E-state index contributed by atoms with van der Waals surface area (Å²) in [6.07, 6.45) is 7.10. The molecule has 0 radical (unpaired) electrons. The number of hydrogen-bond acceptors (Lipinski definition) is 12. The number of rotatable bonds is 9. The molecule has 2 saturated heterocycles.